The van der Waals surface area contributed by atoms with Gasteiger partial charge in [-0.25, -0.2) is 0 Å². The van der Waals surface area contributed by atoms with E-state index in [2.05, 4.69) is 51.5 Å². The minimum Gasteiger partial charge on any atom is -0.360 e. The zero-order chi connectivity index (χ0) is 17.6. The van der Waals surface area contributed by atoms with Crippen molar-refractivity contribution in [3.8, 4) is 0 Å². The molecule has 1 fully saturated rings. The van der Waals surface area contributed by atoms with Gasteiger partial charge in [-0.2, -0.15) is 0 Å². The molecule has 3 rings (SSSR count). The molecule has 0 atom stereocenters. The lowest BCUT2D eigenvalue weighted by atomic mass is 10.1. The highest BCUT2D eigenvalue weighted by atomic mass is 16.5. The first-order chi connectivity index (χ1) is 12.1. The highest BCUT2D eigenvalue weighted by molar-refractivity contribution is 5.91. The summed E-state index contributed by atoms with van der Waals surface area (Å²) in [7, 11) is 0. The van der Waals surface area contributed by atoms with Crippen LogP contribution in [0.3, 0.4) is 0 Å². The van der Waals surface area contributed by atoms with E-state index in [9.17, 15) is 4.79 Å². The molecule has 0 saturated carbocycles. The van der Waals surface area contributed by atoms with Gasteiger partial charge in [-0.3, -0.25) is 14.6 Å². The van der Waals surface area contributed by atoms with Gasteiger partial charge in [0, 0.05) is 25.7 Å². The molecule has 1 N–H and O–H groups in total. The third kappa shape index (κ3) is 5.14. The Bertz CT molecular complexity index is 713. The van der Waals surface area contributed by atoms with Crippen LogP contribution in [0.1, 0.15) is 23.3 Å². The molecule has 1 aliphatic heterocycles. The molecule has 0 aliphatic carbocycles. The average molecular weight is 342 g/mol. The molecule has 6 nitrogen and oxygen atoms in total. The number of aromatic nitrogens is 1. The predicted octanol–water partition coefficient (Wildman–Crippen LogP) is 2.44. The van der Waals surface area contributed by atoms with Gasteiger partial charge in [0.25, 0.3) is 0 Å². The Labute approximate surface area is 148 Å². The number of nitrogens with one attached hydrogen (secondary N) is 1. The Hall–Kier alpha value is -2.18. The molecule has 2 aromatic rings. The number of aryl methyl sites for hydroxylation is 2. The van der Waals surface area contributed by atoms with Crippen molar-refractivity contribution >= 4 is 11.7 Å². The smallest absolute Gasteiger partial charge is 0.239 e. The van der Waals surface area contributed by atoms with Crippen molar-refractivity contribution in [1.82, 2.24) is 15.0 Å². The molecule has 0 unspecified atom stereocenters. The highest BCUT2D eigenvalue weighted by Crippen LogP contribution is 2.13. The van der Waals surface area contributed by atoms with Crippen molar-refractivity contribution in [2.24, 2.45) is 0 Å². The first-order valence-corrected chi connectivity index (χ1v) is 8.82. The van der Waals surface area contributed by atoms with E-state index in [0.29, 0.717) is 18.1 Å². The molecule has 2 heterocycles. The summed E-state index contributed by atoms with van der Waals surface area (Å²) in [5.41, 5.74) is 2.72. The molecule has 25 heavy (non-hydrogen) atoms. The lowest BCUT2D eigenvalue weighted by Gasteiger charge is -2.22. The minimum absolute atomic E-state index is 0.0411. The van der Waals surface area contributed by atoms with Gasteiger partial charge in [-0.15, -0.1) is 0 Å². The lowest BCUT2D eigenvalue weighted by Crippen LogP contribution is -2.36. The largest absolute Gasteiger partial charge is 0.360 e. The first kappa shape index (κ1) is 17.6. The summed E-state index contributed by atoms with van der Waals surface area (Å²) in [6.07, 6.45) is 1.07. The summed E-state index contributed by atoms with van der Waals surface area (Å²) in [4.78, 5) is 16.9. The van der Waals surface area contributed by atoms with Crippen molar-refractivity contribution in [2.75, 3.05) is 38.0 Å². The van der Waals surface area contributed by atoms with Crippen molar-refractivity contribution in [3.05, 3.63) is 47.2 Å². The number of carbonyl (C=O) groups excluding carboxylic acids is 1. The third-order valence-electron chi connectivity index (χ3n) is 4.60. The number of anilines is 1. The van der Waals surface area contributed by atoms with Crippen molar-refractivity contribution < 1.29 is 9.32 Å². The van der Waals surface area contributed by atoms with E-state index in [0.717, 1.165) is 39.1 Å². The van der Waals surface area contributed by atoms with Crippen LogP contribution in [0.4, 0.5) is 5.82 Å². The normalized spacial score (nSPS) is 16.6. The van der Waals surface area contributed by atoms with Gasteiger partial charge in [0.2, 0.25) is 5.91 Å². The van der Waals surface area contributed by atoms with E-state index in [1.165, 1.54) is 11.1 Å². The molecular formula is C19H26N4O2. The zero-order valence-corrected chi connectivity index (χ0v) is 15.0. The Morgan fingerprint density at radius 1 is 1.16 bits per heavy atom. The summed E-state index contributed by atoms with van der Waals surface area (Å²) in [5.74, 6) is 1.14. The van der Waals surface area contributed by atoms with Crippen LogP contribution in [0, 0.1) is 13.8 Å². The molecule has 6 heteroatoms. The Kier molecular flexibility index (Phi) is 5.83. The second-order valence-corrected chi connectivity index (χ2v) is 6.70. The highest BCUT2D eigenvalue weighted by Gasteiger charge is 2.18. The number of rotatable bonds is 5. The zero-order valence-electron chi connectivity index (χ0n) is 15.0. The van der Waals surface area contributed by atoms with Crippen LogP contribution in [0.5, 0.6) is 0 Å². The summed E-state index contributed by atoms with van der Waals surface area (Å²) >= 11 is 0. The fourth-order valence-electron chi connectivity index (χ4n) is 3.18. The molecule has 0 radical (unpaired) electrons. The quantitative estimate of drug-likeness (QED) is 0.904. The van der Waals surface area contributed by atoms with Crippen LogP contribution < -0.4 is 5.32 Å². The second kappa shape index (κ2) is 8.27. The molecule has 1 amide bonds. The van der Waals surface area contributed by atoms with Gasteiger partial charge < -0.3 is 9.84 Å². The van der Waals surface area contributed by atoms with Crippen molar-refractivity contribution in [2.45, 2.75) is 26.8 Å². The summed E-state index contributed by atoms with van der Waals surface area (Å²) < 4.78 is 4.97. The average Bonchev–Trinajstić information content (AvgIpc) is 2.85. The summed E-state index contributed by atoms with van der Waals surface area (Å²) in [6.45, 7) is 9.22. The molecule has 1 aromatic heterocycles. The first-order valence-electron chi connectivity index (χ1n) is 8.82. The number of benzene rings is 1. The van der Waals surface area contributed by atoms with E-state index in [4.69, 9.17) is 4.52 Å². The van der Waals surface area contributed by atoms with Crippen molar-refractivity contribution in [3.63, 3.8) is 0 Å². The minimum atomic E-state index is -0.0411. The number of hydrogen-bond acceptors (Lipinski definition) is 5. The molecule has 0 bridgehead atoms. The van der Waals surface area contributed by atoms with E-state index < -0.39 is 0 Å². The monoisotopic (exact) mass is 342 g/mol. The number of carbonyl (C=O) groups is 1. The van der Waals surface area contributed by atoms with Crippen LogP contribution in [-0.4, -0.2) is 53.6 Å². The van der Waals surface area contributed by atoms with Gasteiger partial charge in [0.15, 0.2) is 5.82 Å². The Morgan fingerprint density at radius 3 is 2.68 bits per heavy atom. The predicted molar refractivity (Wildman–Crippen MR) is 97.4 cm³/mol. The Morgan fingerprint density at radius 2 is 1.92 bits per heavy atom. The maximum atomic E-state index is 12.2. The molecule has 0 spiro atoms. The Balaban J connectivity index is 1.48. The lowest BCUT2D eigenvalue weighted by molar-refractivity contribution is -0.117. The SMILES string of the molecule is Cc1cc(NC(=O)CN2CCCN(Cc3ccccc3C)CC2)no1. The van der Waals surface area contributed by atoms with Gasteiger partial charge in [-0.1, -0.05) is 29.4 Å². The van der Waals surface area contributed by atoms with Crippen LogP contribution >= 0.6 is 0 Å². The fourth-order valence-corrected chi connectivity index (χ4v) is 3.18. The molecular weight excluding hydrogens is 316 g/mol. The molecule has 1 aliphatic rings. The summed E-state index contributed by atoms with van der Waals surface area (Å²) in [5, 5.41) is 6.59. The van der Waals surface area contributed by atoms with E-state index in [1.54, 1.807) is 13.0 Å². The van der Waals surface area contributed by atoms with Gasteiger partial charge in [0.1, 0.15) is 5.76 Å². The maximum absolute atomic E-state index is 12.2. The van der Waals surface area contributed by atoms with Crippen LogP contribution in [0.15, 0.2) is 34.9 Å². The van der Waals surface area contributed by atoms with E-state index in [-0.39, 0.29) is 5.91 Å². The molecule has 1 saturated heterocycles. The van der Waals surface area contributed by atoms with E-state index in [1.807, 2.05) is 0 Å². The maximum Gasteiger partial charge on any atom is 0.239 e. The topological polar surface area (TPSA) is 61.6 Å². The van der Waals surface area contributed by atoms with Crippen LogP contribution in [0.25, 0.3) is 0 Å². The second-order valence-electron chi connectivity index (χ2n) is 6.70. The van der Waals surface area contributed by atoms with E-state index >= 15 is 0 Å². The number of hydrogen-bond donors (Lipinski definition) is 1. The van der Waals surface area contributed by atoms with Gasteiger partial charge in [0.05, 0.1) is 6.54 Å². The van der Waals surface area contributed by atoms with Gasteiger partial charge in [-0.05, 0) is 44.5 Å². The van der Waals surface area contributed by atoms with Crippen LogP contribution in [-0.2, 0) is 11.3 Å². The number of nitrogens with zero attached hydrogens (tertiary/aromatic N) is 3. The number of amides is 1. The fraction of sp³-hybridized carbons (Fsp3) is 0.474. The van der Waals surface area contributed by atoms with Gasteiger partial charge >= 0.3 is 0 Å². The summed E-state index contributed by atoms with van der Waals surface area (Å²) in [6, 6.07) is 10.3. The third-order valence-corrected chi connectivity index (χ3v) is 4.60. The standard InChI is InChI=1S/C19H26N4O2/c1-15-6-3-4-7-17(15)13-22-8-5-9-23(11-10-22)14-19(24)20-18-12-16(2)25-21-18/h3-4,6-7,12H,5,8-11,13-14H2,1-2H3,(H,20,21,24). The molecule has 1 aromatic carbocycles. The molecule has 134 valence electrons. The van der Waals surface area contributed by atoms with Crippen LogP contribution in [0.2, 0.25) is 0 Å². The van der Waals surface area contributed by atoms with Crippen molar-refractivity contribution in [1.29, 1.82) is 0 Å².